The molecule has 1 heterocycles. The first-order chi connectivity index (χ1) is 11.5. The molecular weight excluding hydrogens is 333 g/mol. The van der Waals surface area contributed by atoms with Crippen LogP contribution in [0.3, 0.4) is 0 Å². The van der Waals surface area contributed by atoms with Crippen molar-refractivity contribution in [3.63, 3.8) is 0 Å². The van der Waals surface area contributed by atoms with Gasteiger partial charge in [-0.2, -0.15) is 0 Å². The molecule has 0 radical (unpaired) electrons. The molecule has 0 saturated heterocycles. The van der Waals surface area contributed by atoms with Gasteiger partial charge in [-0.25, -0.2) is 4.39 Å². The molecule has 24 heavy (non-hydrogen) atoms. The van der Waals surface area contributed by atoms with Gasteiger partial charge in [0, 0.05) is 6.07 Å². The van der Waals surface area contributed by atoms with Gasteiger partial charge in [0.2, 0.25) is 6.41 Å². The second-order valence-electron chi connectivity index (χ2n) is 4.17. The van der Waals surface area contributed by atoms with Crippen molar-refractivity contribution < 1.29 is 23.5 Å². The standard InChI is InChI=1S/C15H12FNO4S.C2H6/c1-22-14(15(20)17-8-18)7-10-3-5-13(21-10)11-4-2-9(16)6-12(11)19;1-2/h2-8,19H,1H3,(H,17,18,20);1-2H3/b14-7-;. The Hall–Kier alpha value is -2.54. The van der Waals surface area contributed by atoms with Crippen LogP contribution in [-0.4, -0.2) is 23.7 Å². The number of thioether (sulfide) groups is 1. The van der Waals surface area contributed by atoms with E-state index in [1.165, 1.54) is 18.2 Å². The number of carbonyl (C=O) groups is 2. The number of nitrogens with one attached hydrogen (secondary N) is 1. The maximum absolute atomic E-state index is 13.0. The number of amides is 2. The average molecular weight is 351 g/mol. The van der Waals surface area contributed by atoms with Gasteiger partial charge >= 0.3 is 0 Å². The Kier molecular flexibility index (Phi) is 7.77. The number of hydrogen-bond donors (Lipinski definition) is 2. The molecular formula is C17H18FNO4S. The van der Waals surface area contributed by atoms with Gasteiger partial charge in [0.25, 0.3) is 5.91 Å². The van der Waals surface area contributed by atoms with Crippen molar-refractivity contribution in [2.24, 2.45) is 0 Å². The highest BCUT2D eigenvalue weighted by Crippen LogP contribution is 2.31. The van der Waals surface area contributed by atoms with Crippen molar-refractivity contribution in [1.82, 2.24) is 5.32 Å². The van der Waals surface area contributed by atoms with Gasteiger partial charge in [0.05, 0.1) is 10.5 Å². The smallest absolute Gasteiger partial charge is 0.264 e. The number of phenols is 1. The van der Waals surface area contributed by atoms with Crippen LogP contribution in [0.2, 0.25) is 0 Å². The predicted octanol–water partition coefficient (Wildman–Crippen LogP) is 3.79. The number of benzene rings is 1. The maximum Gasteiger partial charge on any atom is 0.264 e. The molecule has 2 N–H and O–H groups in total. The molecule has 1 aromatic heterocycles. The van der Waals surface area contributed by atoms with Gasteiger partial charge in [-0.3, -0.25) is 14.9 Å². The number of phenolic OH excluding ortho intramolecular Hbond substituents is 1. The normalized spacial score (nSPS) is 10.6. The summed E-state index contributed by atoms with van der Waals surface area (Å²) in [6.07, 6.45) is 3.45. The summed E-state index contributed by atoms with van der Waals surface area (Å²) in [6, 6.07) is 6.78. The monoisotopic (exact) mass is 351 g/mol. The Morgan fingerprint density at radius 3 is 2.58 bits per heavy atom. The minimum Gasteiger partial charge on any atom is -0.507 e. The molecule has 0 aliphatic rings. The molecule has 0 bridgehead atoms. The number of aromatic hydroxyl groups is 1. The SMILES string of the molecule is CC.CS/C(=C\c1ccc(-c2ccc(F)cc2O)o1)C(=O)NC=O. The van der Waals surface area contributed by atoms with Gasteiger partial charge < -0.3 is 9.52 Å². The summed E-state index contributed by atoms with van der Waals surface area (Å²) in [4.78, 5) is 22.2. The van der Waals surface area contributed by atoms with Gasteiger partial charge in [0.15, 0.2) is 0 Å². The van der Waals surface area contributed by atoms with Crippen molar-refractivity contribution in [2.45, 2.75) is 13.8 Å². The molecule has 0 unspecified atom stereocenters. The molecule has 0 spiro atoms. The summed E-state index contributed by atoms with van der Waals surface area (Å²) in [5.74, 6) is -0.633. The number of furan rings is 1. The van der Waals surface area contributed by atoms with E-state index in [0.717, 1.165) is 17.8 Å². The van der Waals surface area contributed by atoms with Crippen LogP contribution in [-0.2, 0) is 9.59 Å². The predicted molar refractivity (Wildman–Crippen MR) is 92.8 cm³/mol. The quantitative estimate of drug-likeness (QED) is 0.633. The largest absolute Gasteiger partial charge is 0.507 e. The van der Waals surface area contributed by atoms with E-state index in [4.69, 9.17) is 4.42 Å². The van der Waals surface area contributed by atoms with E-state index in [1.807, 2.05) is 19.2 Å². The summed E-state index contributed by atoms with van der Waals surface area (Å²) < 4.78 is 18.5. The zero-order valence-corrected chi connectivity index (χ0v) is 14.3. The van der Waals surface area contributed by atoms with Crippen molar-refractivity contribution in [1.29, 1.82) is 0 Å². The van der Waals surface area contributed by atoms with E-state index in [-0.39, 0.29) is 10.7 Å². The lowest BCUT2D eigenvalue weighted by atomic mass is 10.1. The molecule has 2 rings (SSSR count). The molecule has 0 aliphatic heterocycles. The molecule has 0 aliphatic carbocycles. The topological polar surface area (TPSA) is 79.5 Å². The Morgan fingerprint density at radius 2 is 2.00 bits per heavy atom. The Balaban J connectivity index is 0.00000139. The fourth-order valence-electron chi connectivity index (χ4n) is 1.76. The van der Waals surface area contributed by atoms with Crippen LogP contribution < -0.4 is 5.32 Å². The summed E-state index contributed by atoms with van der Waals surface area (Å²) in [5.41, 5.74) is 0.337. The van der Waals surface area contributed by atoms with Crippen LogP contribution in [0.15, 0.2) is 39.7 Å². The van der Waals surface area contributed by atoms with Crippen molar-refractivity contribution >= 4 is 30.2 Å². The van der Waals surface area contributed by atoms with Crippen molar-refractivity contribution in [3.05, 3.63) is 46.8 Å². The molecule has 0 atom stereocenters. The van der Waals surface area contributed by atoms with E-state index in [2.05, 4.69) is 0 Å². The second-order valence-corrected chi connectivity index (χ2v) is 5.02. The van der Waals surface area contributed by atoms with Crippen LogP contribution >= 0.6 is 11.8 Å². The van der Waals surface area contributed by atoms with Crippen LogP contribution in [0.25, 0.3) is 17.4 Å². The van der Waals surface area contributed by atoms with E-state index >= 15 is 0 Å². The second kappa shape index (κ2) is 9.57. The fourth-order valence-corrected chi connectivity index (χ4v) is 2.24. The zero-order chi connectivity index (χ0) is 18.1. The Morgan fingerprint density at radius 1 is 1.29 bits per heavy atom. The third-order valence-corrected chi connectivity index (χ3v) is 3.50. The maximum atomic E-state index is 13.0. The summed E-state index contributed by atoms with van der Waals surface area (Å²) in [6.45, 7) is 4.00. The number of imide groups is 1. The van der Waals surface area contributed by atoms with E-state index in [0.29, 0.717) is 23.5 Å². The van der Waals surface area contributed by atoms with Gasteiger partial charge in [-0.15, -0.1) is 11.8 Å². The molecule has 5 nitrogen and oxygen atoms in total. The third kappa shape index (κ3) is 4.99. The van der Waals surface area contributed by atoms with Gasteiger partial charge in [-0.05, 0) is 36.6 Å². The lowest BCUT2D eigenvalue weighted by Gasteiger charge is -2.01. The first-order valence-electron chi connectivity index (χ1n) is 7.14. The van der Waals surface area contributed by atoms with Crippen LogP contribution in [0, 0.1) is 5.82 Å². The molecule has 0 saturated carbocycles. The van der Waals surface area contributed by atoms with E-state index in [9.17, 15) is 19.1 Å². The van der Waals surface area contributed by atoms with Crippen LogP contribution in [0.1, 0.15) is 19.6 Å². The molecule has 2 amide bonds. The van der Waals surface area contributed by atoms with E-state index < -0.39 is 11.7 Å². The number of carbonyl (C=O) groups excluding carboxylic acids is 2. The minimum atomic E-state index is -0.553. The third-order valence-electron chi connectivity index (χ3n) is 2.76. The summed E-state index contributed by atoms with van der Waals surface area (Å²) in [7, 11) is 0. The van der Waals surface area contributed by atoms with Crippen molar-refractivity contribution in [2.75, 3.05) is 6.26 Å². The van der Waals surface area contributed by atoms with Gasteiger partial charge in [-0.1, -0.05) is 13.8 Å². The summed E-state index contributed by atoms with van der Waals surface area (Å²) >= 11 is 1.15. The zero-order valence-electron chi connectivity index (χ0n) is 13.5. The first-order valence-corrected chi connectivity index (χ1v) is 8.36. The van der Waals surface area contributed by atoms with Crippen LogP contribution in [0.5, 0.6) is 5.75 Å². The highest BCUT2D eigenvalue weighted by Gasteiger charge is 2.12. The molecule has 1 aromatic carbocycles. The molecule has 0 fully saturated rings. The van der Waals surface area contributed by atoms with E-state index in [1.54, 1.807) is 18.4 Å². The molecule has 2 aromatic rings. The van der Waals surface area contributed by atoms with Gasteiger partial charge in [0.1, 0.15) is 23.1 Å². The number of rotatable bonds is 5. The molecule has 128 valence electrons. The average Bonchev–Trinajstić information content (AvgIpc) is 3.03. The minimum absolute atomic E-state index is 0.242. The molecule has 7 heteroatoms. The summed E-state index contributed by atoms with van der Waals surface area (Å²) in [5, 5.41) is 11.8. The highest BCUT2D eigenvalue weighted by atomic mass is 32.2. The number of hydrogen-bond acceptors (Lipinski definition) is 5. The number of halogens is 1. The lowest BCUT2D eigenvalue weighted by Crippen LogP contribution is -2.21. The fraction of sp³-hybridized carbons (Fsp3) is 0.176. The Labute approximate surface area is 143 Å². The lowest BCUT2D eigenvalue weighted by molar-refractivity contribution is -0.121. The van der Waals surface area contributed by atoms with Crippen LogP contribution in [0.4, 0.5) is 4.39 Å². The Bertz CT molecular complexity index is 740. The highest BCUT2D eigenvalue weighted by molar-refractivity contribution is 8.03. The first kappa shape index (κ1) is 19.5. The van der Waals surface area contributed by atoms with Crippen molar-refractivity contribution in [3.8, 4) is 17.1 Å².